The Balaban J connectivity index is 1.49. The summed E-state index contributed by atoms with van der Waals surface area (Å²) in [6, 6.07) is 13.2. The molecule has 7 heteroatoms. The number of thiazole rings is 1. The van der Waals surface area contributed by atoms with Crippen molar-refractivity contribution in [1.29, 1.82) is 0 Å². The van der Waals surface area contributed by atoms with Crippen LogP contribution in [0.5, 0.6) is 0 Å². The number of carbonyl (C=O) groups excluding carboxylic acids is 1. The zero-order valence-electron chi connectivity index (χ0n) is 15.1. The molecule has 27 heavy (non-hydrogen) atoms. The molecule has 1 amide bonds. The molecule has 0 radical (unpaired) electrons. The van der Waals surface area contributed by atoms with E-state index in [-0.39, 0.29) is 5.91 Å². The molecule has 1 aromatic heterocycles. The SMILES string of the molecule is COCc1ccc(C(=O)Nc2ccc3nc(N4CCOCC4)sc3c2)cc1. The largest absolute Gasteiger partial charge is 0.380 e. The van der Waals surface area contributed by atoms with Gasteiger partial charge in [-0.05, 0) is 35.9 Å². The minimum atomic E-state index is -0.128. The predicted molar refractivity (Wildman–Crippen MR) is 108 cm³/mol. The quantitative estimate of drug-likeness (QED) is 0.730. The van der Waals surface area contributed by atoms with Gasteiger partial charge >= 0.3 is 0 Å². The highest BCUT2D eigenvalue weighted by atomic mass is 32.1. The van der Waals surface area contributed by atoms with Crippen molar-refractivity contribution >= 4 is 38.3 Å². The number of morpholine rings is 1. The lowest BCUT2D eigenvalue weighted by Gasteiger charge is -2.25. The van der Waals surface area contributed by atoms with Crippen LogP contribution in [0.4, 0.5) is 10.8 Å². The fraction of sp³-hybridized carbons (Fsp3) is 0.300. The summed E-state index contributed by atoms with van der Waals surface area (Å²) in [5, 5.41) is 3.97. The summed E-state index contributed by atoms with van der Waals surface area (Å²) in [6.07, 6.45) is 0. The summed E-state index contributed by atoms with van der Waals surface area (Å²) in [7, 11) is 1.65. The number of fused-ring (bicyclic) bond motifs is 1. The van der Waals surface area contributed by atoms with Crippen molar-refractivity contribution in [2.45, 2.75) is 6.61 Å². The van der Waals surface area contributed by atoms with Crippen LogP contribution in [-0.4, -0.2) is 44.3 Å². The fourth-order valence-corrected chi connectivity index (χ4v) is 4.06. The number of amides is 1. The number of carbonyl (C=O) groups is 1. The van der Waals surface area contributed by atoms with Gasteiger partial charge in [-0.15, -0.1) is 0 Å². The monoisotopic (exact) mass is 383 g/mol. The Bertz CT molecular complexity index is 933. The van der Waals surface area contributed by atoms with Gasteiger partial charge in [-0.2, -0.15) is 0 Å². The number of rotatable bonds is 5. The van der Waals surface area contributed by atoms with Gasteiger partial charge in [-0.25, -0.2) is 4.98 Å². The molecule has 0 spiro atoms. The number of benzene rings is 2. The van der Waals surface area contributed by atoms with Crippen molar-refractivity contribution < 1.29 is 14.3 Å². The lowest BCUT2D eigenvalue weighted by molar-refractivity contribution is 0.102. The maximum Gasteiger partial charge on any atom is 0.255 e. The van der Waals surface area contributed by atoms with Crippen LogP contribution in [0.2, 0.25) is 0 Å². The van der Waals surface area contributed by atoms with E-state index in [1.165, 1.54) is 0 Å². The van der Waals surface area contributed by atoms with E-state index in [0.29, 0.717) is 12.2 Å². The molecule has 1 fully saturated rings. The van der Waals surface area contributed by atoms with Gasteiger partial charge in [-0.3, -0.25) is 4.79 Å². The minimum Gasteiger partial charge on any atom is -0.380 e. The molecule has 1 N–H and O–H groups in total. The molecular weight excluding hydrogens is 362 g/mol. The highest BCUT2D eigenvalue weighted by Crippen LogP contribution is 2.31. The number of ether oxygens (including phenoxy) is 2. The van der Waals surface area contributed by atoms with Crippen LogP contribution >= 0.6 is 11.3 Å². The summed E-state index contributed by atoms with van der Waals surface area (Å²) < 4.78 is 11.6. The minimum absolute atomic E-state index is 0.128. The van der Waals surface area contributed by atoms with Crippen LogP contribution in [0.25, 0.3) is 10.2 Å². The Morgan fingerprint density at radius 1 is 1.22 bits per heavy atom. The van der Waals surface area contributed by atoms with Crippen molar-refractivity contribution in [3.8, 4) is 0 Å². The zero-order chi connectivity index (χ0) is 18.6. The number of hydrogen-bond acceptors (Lipinski definition) is 6. The van der Waals surface area contributed by atoms with Gasteiger partial charge in [0.2, 0.25) is 0 Å². The van der Waals surface area contributed by atoms with Crippen molar-refractivity contribution in [1.82, 2.24) is 4.98 Å². The Hall–Kier alpha value is -2.48. The van der Waals surface area contributed by atoms with Gasteiger partial charge in [0.05, 0.1) is 30.0 Å². The molecule has 6 nitrogen and oxygen atoms in total. The summed E-state index contributed by atoms with van der Waals surface area (Å²) in [5.41, 5.74) is 3.37. The molecule has 2 heterocycles. The smallest absolute Gasteiger partial charge is 0.255 e. The number of hydrogen-bond donors (Lipinski definition) is 1. The lowest BCUT2D eigenvalue weighted by Crippen LogP contribution is -2.36. The first-order valence-electron chi connectivity index (χ1n) is 8.85. The number of nitrogens with zero attached hydrogens (tertiary/aromatic N) is 2. The average molecular weight is 383 g/mol. The third-order valence-electron chi connectivity index (χ3n) is 4.44. The maximum atomic E-state index is 12.5. The Morgan fingerprint density at radius 2 is 2.00 bits per heavy atom. The second-order valence-corrected chi connectivity index (χ2v) is 7.37. The summed E-state index contributed by atoms with van der Waals surface area (Å²) in [4.78, 5) is 19.4. The molecule has 0 bridgehead atoms. The standard InChI is InChI=1S/C20H21N3O3S/c1-25-13-14-2-4-15(5-3-14)19(24)21-16-6-7-17-18(12-16)27-20(22-17)23-8-10-26-11-9-23/h2-7,12H,8-11,13H2,1H3,(H,21,24). The van der Waals surface area contributed by atoms with Gasteiger partial charge in [0.15, 0.2) is 5.13 Å². The summed E-state index contributed by atoms with van der Waals surface area (Å²) in [6.45, 7) is 3.74. The zero-order valence-corrected chi connectivity index (χ0v) is 15.9. The molecule has 0 aliphatic carbocycles. The molecule has 3 aromatic rings. The Labute approximate surface area is 161 Å². The van der Waals surface area contributed by atoms with Crippen LogP contribution in [0, 0.1) is 0 Å². The average Bonchev–Trinajstić information content (AvgIpc) is 3.13. The van der Waals surface area contributed by atoms with E-state index >= 15 is 0 Å². The van der Waals surface area contributed by atoms with Crippen LogP contribution < -0.4 is 10.2 Å². The number of nitrogens with one attached hydrogen (secondary N) is 1. The van der Waals surface area contributed by atoms with Gasteiger partial charge in [0.25, 0.3) is 5.91 Å². The van der Waals surface area contributed by atoms with Crippen molar-refractivity contribution in [2.24, 2.45) is 0 Å². The topological polar surface area (TPSA) is 63.7 Å². The normalized spacial score (nSPS) is 14.5. The molecular formula is C20H21N3O3S. The van der Waals surface area contributed by atoms with E-state index < -0.39 is 0 Å². The van der Waals surface area contributed by atoms with Gasteiger partial charge in [-0.1, -0.05) is 23.5 Å². The lowest BCUT2D eigenvalue weighted by atomic mass is 10.1. The van der Waals surface area contributed by atoms with E-state index in [9.17, 15) is 4.79 Å². The molecule has 1 aliphatic heterocycles. The Morgan fingerprint density at radius 3 is 2.74 bits per heavy atom. The van der Waals surface area contributed by atoms with Crippen LogP contribution in [0.15, 0.2) is 42.5 Å². The molecule has 0 atom stereocenters. The van der Waals surface area contributed by atoms with Crippen LogP contribution in [-0.2, 0) is 16.1 Å². The first-order valence-corrected chi connectivity index (χ1v) is 9.67. The van der Waals surface area contributed by atoms with E-state index in [1.54, 1.807) is 18.4 Å². The van der Waals surface area contributed by atoms with E-state index in [4.69, 9.17) is 14.5 Å². The van der Waals surface area contributed by atoms with Crippen molar-refractivity contribution in [3.05, 3.63) is 53.6 Å². The number of methoxy groups -OCH3 is 1. The summed E-state index contributed by atoms with van der Waals surface area (Å²) in [5.74, 6) is -0.128. The second-order valence-electron chi connectivity index (χ2n) is 6.36. The molecule has 0 unspecified atom stereocenters. The second kappa shape index (κ2) is 8.04. The van der Waals surface area contributed by atoms with Gasteiger partial charge < -0.3 is 19.7 Å². The first kappa shape index (κ1) is 17.9. The Kier molecular flexibility index (Phi) is 5.33. The highest BCUT2D eigenvalue weighted by molar-refractivity contribution is 7.22. The number of aromatic nitrogens is 1. The molecule has 1 aliphatic rings. The fourth-order valence-electron chi connectivity index (χ4n) is 3.00. The van der Waals surface area contributed by atoms with Crippen molar-refractivity contribution in [3.63, 3.8) is 0 Å². The van der Waals surface area contributed by atoms with E-state index in [0.717, 1.165) is 52.9 Å². The third kappa shape index (κ3) is 4.10. The first-order chi connectivity index (χ1) is 13.2. The van der Waals surface area contributed by atoms with Gasteiger partial charge in [0, 0.05) is 31.5 Å². The van der Waals surface area contributed by atoms with E-state index in [1.807, 2.05) is 42.5 Å². The molecule has 2 aromatic carbocycles. The molecule has 0 saturated carbocycles. The van der Waals surface area contributed by atoms with Gasteiger partial charge in [0.1, 0.15) is 0 Å². The number of anilines is 2. The third-order valence-corrected chi connectivity index (χ3v) is 5.52. The highest BCUT2D eigenvalue weighted by Gasteiger charge is 2.16. The maximum absolute atomic E-state index is 12.5. The molecule has 4 rings (SSSR count). The van der Waals surface area contributed by atoms with Crippen LogP contribution in [0.1, 0.15) is 15.9 Å². The summed E-state index contributed by atoms with van der Waals surface area (Å²) >= 11 is 1.64. The van der Waals surface area contributed by atoms with Crippen molar-refractivity contribution in [2.75, 3.05) is 43.6 Å². The predicted octanol–water partition coefficient (Wildman–Crippen LogP) is 3.53. The van der Waals surface area contributed by atoms with E-state index in [2.05, 4.69) is 10.2 Å². The molecule has 140 valence electrons. The van der Waals surface area contributed by atoms with Crippen LogP contribution in [0.3, 0.4) is 0 Å². The molecule has 1 saturated heterocycles.